The van der Waals surface area contributed by atoms with Crippen LogP contribution in [0.25, 0.3) is 0 Å². The Labute approximate surface area is 113 Å². The number of nitrogens with zero attached hydrogens (tertiary/aromatic N) is 1. The van der Waals surface area contributed by atoms with Crippen molar-refractivity contribution in [1.29, 1.82) is 0 Å². The van der Waals surface area contributed by atoms with Crippen LogP contribution in [0.1, 0.15) is 43.1 Å². The molecule has 1 aliphatic rings. The van der Waals surface area contributed by atoms with Gasteiger partial charge in [-0.2, -0.15) is 0 Å². The Morgan fingerprint density at radius 1 is 1.32 bits per heavy atom. The highest BCUT2D eigenvalue weighted by Gasteiger charge is 2.30. The van der Waals surface area contributed by atoms with Gasteiger partial charge in [0, 0.05) is 18.5 Å². The van der Waals surface area contributed by atoms with E-state index in [1.54, 1.807) is 11.0 Å². The number of benzene rings is 1. The molecule has 1 aliphatic heterocycles. The molecular formula is C15H19NO3. The maximum atomic E-state index is 12.2. The Morgan fingerprint density at radius 3 is 2.63 bits per heavy atom. The highest BCUT2D eigenvalue weighted by molar-refractivity contribution is 6.07. The van der Waals surface area contributed by atoms with Crippen molar-refractivity contribution in [2.24, 2.45) is 0 Å². The second-order valence-corrected chi connectivity index (χ2v) is 5.83. The molecule has 1 amide bonds. The second kappa shape index (κ2) is 4.68. The summed E-state index contributed by atoms with van der Waals surface area (Å²) in [5.41, 5.74) is 1.73. The maximum Gasteiger partial charge on any atom is 0.414 e. The summed E-state index contributed by atoms with van der Waals surface area (Å²) in [5.74, 6) is 0.0785. The van der Waals surface area contributed by atoms with Gasteiger partial charge in [0.2, 0.25) is 0 Å². The van der Waals surface area contributed by atoms with Gasteiger partial charge in [-0.3, -0.25) is 9.69 Å². The summed E-state index contributed by atoms with van der Waals surface area (Å²) in [6.45, 7) is 7.81. The number of carbonyl (C=O) groups is 2. The lowest BCUT2D eigenvalue weighted by Crippen LogP contribution is -2.41. The Bertz CT molecular complexity index is 529. The monoisotopic (exact) mass is 261 g/mol. The molecular weight excluding hydrogens is 242 g/mol. The van der Waals surface area contributed by atoms with E-state index in [1.165, 1.54) is 0 Å². The average molecular weight is 261 g/mol. The highest BCUT2D eigenvalue weighted by atomic mass is 16.6. The number of amides is 1. The molecule has 0 fully saturated rings. The van der Waals surface area contributed by atoms with Gasteiger partial charge in [-0.25, -0.2) is 4.79 Å². The van der Waals surface area contributed by atoms with Crippen molar-refractivity contribution in [1.82, 2.24) is 0 Å². The Hall–Kier alpha value is -1.84. The molecule has 0 saturated heterocycles. The largest absolute Gasteiger partial charge is 0.443 e. The lowest BCUT2D eigenvalue weighted by atomic mass is 9.99. The number of rotatable bonds is 0. The van der Waals surface area contributed by atoms with Crippen LogP contribution in [0.5, 0.6) is 0 Å². The molecule has 4 nitrogen and oxygen atoms in total. The van der Waals surface area contributed by atoms with Crippen molar-refractivity contribution < 1.29 is 14.3 Å². The van der Waals surface area contributed by atoms with Gasteiger partial charge < -0.3 is 4.74 Å². The van der Waals surface area contributed by atoms with Crippen LogP contribution in [0, 0.1) is 6.92 Å². The van der Waals surface area contributed by atoms with Crippen molar-refractivity contribution >= 4 is 17.6 Å². The smallest absolute Gasteiger partial charge is 0.414 e. The average Bonchev–Trinajstić information content (AvgIpc) is 2.26. The molecule has 0 bridgehead atoms. The van der Waals surface area contributed by atoms with Crippen LogP contribution in [0.2, 0.25) is 0 Å². The minimum Gasteiger partial charge on any atom is -0.443 e. The van der Waals surface area contributed by atoms with Crippen LogP contribution in [0.4, 0.5) is 10.5 Å². The first-order valence-electron chi connectivity index (χ1n) is 6.42. The van der Waals surface area contributed by atoms with E-state index in [9.17, 15) is 9.59 Å². The van der Waals surface area contributed by atoms with Crippen LogP contribution in [-0.4, -0.2) is 24.0 Å². The van der Waals surface area contributed by atoms with Gasteiger partial charge in [0.05, 0.1) is 5.69 Å². The first-order valence-corrected chi connectivity index (χ1v) is 6.42. The summed E-state index contributed by atoms with van der Waals surface area (Å²) in [6, 6.07) is 5.52. The van der Waals surface area contributed by atoms with E-state index in [1.807, 2.05) is 39.8 Å². The zero-order valence-electron chi connectivity index (χ0n) is 11.8. The number of Topliss-reactive ketones (excluding diaryl/α,β-unsaturated/α-hetero) is 1. The number of ether oxygens (including phenoxy) is 1. The molecule has 1 heterocycles. The lowest BCUT2D eigenvalue weighted by Gasteiger charge is -2.31. The fraction of sp³-hybridized carbons (Fsp3) is 0.467. The lowest BCUT2D eigenvalue weighted by molar-refractivity contribution is 0.0577. The molecule has 0 aliphatic carbocycles. The molecule has 0 spiro atoms. The molecule has 0 radical (unpaired) electrons. The maximum absolute atomic E-state index is 12.2. The molecule has 102 valence electrons. The van der Waals surface area contributed by atoms with Crippen LogP contribution in [-0.2, 0) is 4.74 Å². The van der Waals surface area contributed by atoms with Gasteiger partial charge in [-0.05, 0) is 45.4 Å². The number of ketones is 1. The van der Waals surface area contributed by atoms with Crippen molar-refractivity contribution in [2.45, 2.75) is 39.7 Å². The minimum absolute atomic E-state index is 0.0785. The summed E-state index contributed by atoms with van der Waals surface area (Å²) < 4.78 is 5.38. The number of hydrogen-bond acceptors (Lipinski definition) is 3. The summed E-state index contributed by atoms with van der Waals surface area (Å²) >= 11 is 0. The first-order chi connectivity index (χ1) is 8.78. The number of fused-ring (bicyclic) bond motifs is 1. The van der Waals surface area contributed by atoms with Gasteiger partial charge in [0.1, 0.15) is 5.60 Å². The predicted octanol–water partition coefficient (Wildman–Crippen LogP) is 3.32. The number of hydrogen-bond donors (Lipinski definition) is 0. The summed E-state index contributed by atoms with van der Waals surface area (Å²) in [7, 11) is 0. The molecule has 1 aromatic carbocycles. The summed E-state index contributed by atoms with van der Waals surface area (Å²) in [5, 5.41) is 0. The third kappa shape index (κ3) is 2.95. The van der Waals surface area contributed by atoms with E-state index in [4.69, 9.17) is 4.74 Å². The van der Waals surface area contributed by atoms with Crippen LogP contribution < -0.4 is 4.90 Å². The number of carbonyl (C=O) groups excluding carboxylic acids is 2. The van der Waals surface area contributed by atoms with Gasteiger partial charge >= 0.3 is 6.09 Å². The van der Waals surface area contributed by atoms with E-state index in [2.05, 4.69) is 0 Å². The van der Waals surface area contributed by atoms with Crippen molar-refractivity contribution in [2.75, 3.05) is 11.4 Å². The highest BCUT2D eigenvalue weighted by Crippen LogP contribution is 2.29. The topological polar surface area (TPSA) is 46.6 Å². The van der Waals surface area contributed by atoms with Gasteiger partial charge in [0.25, 0.3) is 0 Å². The zero-order chi connectivity index (χ0) is 14.2. The molecule has 0 atom stereocenters. The van der Waals surface area contributed by atoms with Crippen molar-refractivity contribution in [3.8, 4) is 0 Å². The van der Waals surface area contributed by atoms with E-state index >= 15 is 0 Å². The molecule has 0 unspecified atom stereocenters. The van der Waals surface area contributed by atoms with Crippen molar-refractivity contribution in [3.05, 3.63) is 29.3 Å². The SMILES string of the molecule is Cc1ccc2c(c1)N(C(=O)OC(C)(C)C)CCC2=O. The summed E-state index contributed by atoms with van der Waals surface area (Å²) in [4.78, 5) is 25.6. The Kier molecular flexibility index (Phi) is 3.35. The first kappa shape index (κ1) is 13.6. The molecule has 19 heavy (non-hydrogen) atoms. The second-order valence-electron chi connectivity index (χ2n) is 5.83. The fourth-order valence-corrected chi connectivity index (χ4v) is 2.08. The normalized spacial score (nSPS) is 15.2. The van der Waals surface area contributed by atoms with Gasteiger partial charge in [-0.1, -0.05) is 6.07 Å². The van der Waals surface area contributed by atoms with E-state index in [0.717, 1.165) is 5.56 Å². The quantitative estimate of drug-likeness (QED) is 0.719. The standard InChI is InChI=1S/C15H19NO3/c1-10-5-6-11-12(9-10)16(8-7-13(11)17)14(18)19-15(2,3)4/h5-6,9H,7-8H2,1-4H3. The minimum atomic E-state index is -0.539. The van der Waals surface area contributed by atoms with Gasteiger partial charge in [-0.15, -0.1) is 0 Å². The third-order valence-electron chi connectivity index (χ3n) is 2.92. The fourth-order valence-electron chi connectivity index (χ4n) is 2.08. The van der Waals surface area contributed by atoms with Crippen LogP contribution in [0.3, 0.4) is 0 Å². The van der Waals surface area contributed by atoms with Crippen molar-refractivity contribution in [3.63, 3.8) is 0 Å². The predicted molar refractivity (Wildman–Crippen MR) is 73.7 cm³/mol. The van der Waals surface area contributed by atoms with Crippen LogP contribution in [0.15, 0.2) is 18.2 Å². The molecule has 1 aromatic rings. The van der Waals surface area contributed by atoms with E-state index < -0.39 is 11.7 Å². The zero-order valence-corrected chi connectivity index (χ0v) is 11.8. The Balaban J connectivity index is 2.35. The van der Waals surface area contributed by atoms with E-state index in [0.29, 0.717) is 24.2 Å². The molecule has 0 saturated carbocycles. The Morgan fingerprint density at radius 2 is 2.00 bits per heavy atom. The number of aryl methyl sites for hydroxylation is 1. The van der Waals surface area contributed by atoms with E-state index in [-0.39, 0.29) is 5.78 Å². The molecule has 4 heteroatoms. The number of anilines is 1. The molecule has 2 rings (SSSR count). The molecule has 0 N–H and O–H groups in total. The summed E-state index contributed by atoms with van der Waals surface area (Å²) in [6.07, 6.45) is -0.0539. The third-order valence-corrected chi connectivity index (χ3v) is 2.92. The van der Waals surface area contributed by atoms with Gasteiger partial charge in [0.15, 0.2) is 5.78 Å². The van der Waals surface area contributed by atoms with Crippen LogP contribution >= 0.6 is 0 Å². The molecule has 0 aromatic heterocycles.